The van der Waals surface area contributed by atoms with Crippen molar-refractivity contribution < 1.29 is 14.7 Å². The van der Waals surface area contributed by atoms with E-state index in [4.69, 9.17) is 11.6 Å². The third-order valence-corrected chi connectivity index (χ3v) is 6.04. The molecule has 1 aliphatic rings. The van der Waals surface area contributed by atoms with Gasteiger partial charge in [-0.3, -0.25) is 14.5 Å². The molecule has 1 heterocycles. The Kier molecular flexibility index (Phi) is 5.96. The van der Waals surface area contributed by atoms with Crippen molar-refractivity contribution in [3.05, 3.63) is 64.6 Å². The number of carbonyl (C=O) groups is 2. The molecule has 2 aromatic carbocycles. The van der Waals surface area contributed by atoms with Crippen molar-refractivity contribution >= 4 is 85.8 Å². The predicted octanol–water partition coefficient (Wildman–Crippen LogP) is 5.49. The van der Waals surface area contributed by atoms with Crippen LogP contribution in [0.15, 0.2) is 41.3 Å². The Morgan fingerprint density at radius 2 is 1.96 bits per heavy atom. The number of hydrogen-bond acceptors (Lipinski definition) is 4. The number of phenolic OH excluding ortho intramolecular Hbond substituents is 1. The molecule has 2 aromatic rings. The molecule has 1 N–H and O–H groups in total. The van der Waals surface area contributed by atoms with E-state index in [-0.39, 0.29) is 23.4 Å². The second-order valence-corrected chi connectivity index (χ2v) is 9.06. The third-order valence-electron chi connectivity index (χ3n) is 3.45. The summed E-state index contributed by atoms with van der Waals surface area (Å²) in [5.74, 6) is -0.272. The van der Waals surface area contributed by atoms with E-state index >= 15 is 0 Å². The van der Waals surface area contributed by atoms with Gasteiger partial charge in [-0.15, -0.1) is 0 Å². The summed E-state index contributed by atoms with van der Waals surface area (Å²) < 4.78 is 1.62. The number of amides is 2. The van der Waals surface area contributed by atoms with E-state index in [9.17, 15) is 14.7 Å². The van der Waals surface area contributed by atoms with E-state index in [2.05, 4.69) is 22.6 Å². The SMILES string of the molecule is O=C1S/C(=C\c2cc(I)cc(I)c2O)C(=O)N1Cc1cccc(Cl)c1. The summed E-state index contributed by atoms with van der Waals surface area (Å²) in [5.41, 5.74) is 1.30. The van der Waals surface area contributed by atoms with Gasteiger partial charge in [-0.05, 0) is 92.8 Å². The van der Waals surface area contributed by atoms with Crippen LogP contribution in [0.5, 0.6) is 5.75 Å². The van der Waals surface area contributed by atoms with Gasteiger partial charge in [0.1, 0.15) is 5.75 Å². The molecule has 1 aliphatic heterocycles. The molecule has 0 aliphatic carbocycles. The maximum absolute atomic E-state index is 12.6. The number of nitrogens with zero attached hydrogens (tertiary/aromatic N) is 1. The molecule has 0 atom stereocenters. The zero-order valence-corrected chi connectivity index (χ0v) is 18.4. The first-order chi connectivity index (χ1) is 11.8. The van der Waals surface area contributed by atoms with Crippen LogP contribution < -0.4 is 0 Å². The smallest absolute Gasteiger partial charge is 0.293 e. The largest absolute Gasteiger partial charge is 0.506 e. The summed E-state index contributed by atoms with van der Waals surface area (Å²) >= 11 is 11.0. The van der Waals surface area contributed by atoms with Gasteiger partial charge in [-0.1, -0.05) is 23.7 Å². The highest BCUT2D eigenvalue weighted by Gasteiger charge is 2.35. The van der Waals surface area contributed by atoms with Gasteiger partial charge in [-0.25, -0.2) is 0 Å². The Labute approximate surface area is 180 Å². The summed E-state index contributed by atoms with van der Waals surface area (Å²) in [5, 5.41) is 10.4. The fraction of sp³-hybridized carbons (Fsp3) is 0.0588. The molecule has 0 spiro atoms. The standard InChI is InChI=1S/C17H10ClI2NO3S/c18-11-3-1-2-9(4-11)8-21-16(23)14(25-17(21)24)6-10-5-12(19)7-13(20)15(10)22/h1-7,22H,8H2/b14-6-. The number of imide groups is 1. The predicted molar refractivity (Wildman–Crippen MR) is 117 cm³/mol. The molecule has 2 amide bonds. The molecule has 0 unspecified atom stereocenters. The normalized spacial score (nSPS) is 16.1. The summed E-state index contributed by atoms with van der Waals surface area (Å²) in [7, 11) is 0. The lowest BCUT2D eigenvalue weighted by atomic mass is 10.2. The monoisotopic (exact) mass is 597 g/mol. The lowest BCUT2D eigenvalue weighted by Gasteiger charge is -2.12. The molecule has 128 valence electrons. The van der Waals surface area contributed by atoms with E-state index in [0.717, 1.165) is 20.9 Å². The first-order valence-electron chi connectivity index (χ1n) is 7.03. The summed E-state index contributed by atoms with van der Waals surface area (Å²) in [6.45, 7) is 0.165. The van der Waals surface area contributed by atoms with E-state index in [1.54, 1.807) is 30.3 Å². The van der Waals surface area contributed by atoms with Gasteiger partial charge in [0.25, 0.3) is 11.1 Å². The minimum absolute atomic E-state index is 0.0997. The Bertz CT molecular complexity index is 917. The van der Waals surface area contributed by atoms with Gasteiger partial charge in [0.15, 0.2) is 0 Å². The molecule has 25 heavy (non-hydrogen) atoms. The van der Waals surface area contributed by atoms with Crippen molar-refractivity contribution in [1.82, 2.24) is 4.90 Å². The van der Waals surface area contributed by atoms with Crippen LogP contribution in [0, 0.1) is 7.14 Å². The Balaban J connectivity index is 1.89. The second kappa shape index (κ2) is 7.85. The highest BCUT2D eigenvalue weighted by molar-refractivity contribution is 14.1. The maximum Gasteiger partial charge on any atom is 0.293 e. The second-order valence-electron chi connectivity index (χ2n) is 5.22. The van der Waals surface area contributed by atoms with Crippen LogP contribution in [0.3, 0.4) is 0 Å². The molecule has 4 nitrogen and oxygen atoms in total. The van der Waals surface area contributed by atoms with Crippen molar-refractivity contribution in [2.45, 2.75) is 6.54 Å². The first kappa shape index (κ1) is 19.0. The third kappa shape index (κ3) is 4.32. The van der Waals surface area contributed by atoms with Gasteiger partial charge in [0, 0.05) is 14.2 Å². The van der Waals surface area contributed by atoms with E-state index in [0.29, 0.717) is 19.1 Å². The fourth-order valence-corrected chi connectivity index (χ4v) is 5.22. The molecule has 0 bridgehead atoms. The van der Waals surface area contributed by atoms with Crippen LogP contribution in [0.1, 0.15) is 11.1 Å². The number of phenols is 1. The summed E-state index contributed by atoms with van der Waals surface area (Å²) in [6, 6.07) is 10.6. The molecule has 0 aromatic heterocycles. The van der Waals surface area contributed by atoms with Gasteiger partial charge < -0.3 is 5.11 Å². The number of aromatic hydroxyl groups is 1. The number of thioether (sulfide) groups is 1. The number of hydrogen-bond donors (Lipinski definition) is 1. The zero-order chi connectivity index (χ0) is 18.1. The molecular formula is C17H10ClI2NO3S. The highest BCUT2D eigenvalue weighted by Crippen LogP contribution is 2.36. The van der Waals surface area contributed by atoms with Gasteiger partial charge in [0.05, 0.1) is 15.0 Å². The summed E-state index contributed by atoms with van der Waals surface area (Å²) in [4.78, 5) is 26.3. The van der Waals surface area contributed by atoms with Crippen molar-refractivity contribution in [2.75, 3.05) is 0 Å². The lowest BCUT2D eigenvalue weighted by Crippen LogP contribution is -2.27. The van der Waals surface area contributed by atoms with Crippen LogP contribution in [0.2, 0.25) is 5.02 Å². The topological polar surface area (TPSA) is 57.6 Å². The molecule has 8 heteroatoms. The molecule has 0 saturated carbocycles. The quantitative estimate of drug-likeness (QED) is 0.376. The van der Waals surface area contributed by atoms with Crippen LogP contribution >= 0.6 is 68.5 Å². The van der Waals surface area contributed by atoms with Crippen LogP contribution in [0.4, 0.5) is 4.79 Å². The van der Waals surface area contributed by atoms with Crippen molar-refractivity contribution in [3.8, 4) is 5.75 Å². The molecule has 1 fully saturated rings. The Morgan fingerprint density at radius 1 is 1.20 bits per heavy atom. The van der Waals surface area contributed by atoms with Gasteiger partial charge in [0.2, 0.25) is 0 Å². The minimum atomic E-state index is -0.372. The highest BCUT2D eigenvalue weighted by atomic mass is 127. The van der Waals surface area contributed by atoms with Crippen LogP contribution in [-0.4, -0.2) is 21.2 Å². The zero-order valence-electron chi connectivity index (χ0n) is 12.5. The average molecular weight is 598 g/mol. The first-order valence-corrected chi connectivity index (χ1v) is 10.4. The van der Waals surface area contributed by atoms with Gasteiger partial charge >= 0.3 is 0 Å². The molecular weight excluding hydrogens is 588 g/mol. The van der Waals surface area contributed by atoms with E-state index < -0.39 is 0 Å². The van der Waals surface area contributed by atoms with Crippen LogP contribution in [0.25, 0.3) is 6.08 Å². The van der Waals surface area contributed by atoms with Gasteiger partial charge in [-0.2, -0.15) is 0 Å². The summed E-state index contributed by atoms with van der Waals surface area (Å²) in [6.07, 6.45) is 1.56. The van der Waals surface area contributed by atoms with Crippen molar-refractivity contribution in [1.29, 1.82) is 0 Å². The molecule has 0 radical (unpaired) electrons. The maximum atomic E-state index is 12.6. The molecule has 3 rings (SSSR count). The van der Waals surface area contributed by atoms with Crippen LogP contribution in [-0.2, 0) is 11.3 Å². The lowest BCUT2D eigenvalue weighted by molar-refractivity contribution is -0.123. The fourth-order valence-electron chi connectivity index (χ4n) is 2.29. The van der Waals surface area contributed by atoms with E-state index in [1.165, 1.54) is 4.90 Å². The molecule has 1 saturated heterocycles. The minimum Gasteiger partial charge on any atom is -0.506 e. The Morgan fingerprint density at radius 3 is 2.68 bits per heavy atom. The number of rotatable bonds is 3. The number of benzene rings is 2. The van der Waals surface area contributed by atoms with E-state index in [1.807, 2.05) is 34.7 Å². The number of halogens is 3. The van der Waals surface area contributed by atoms with Crippen molar-refractivity contribution in [3.63, 3.8) is 0 Å². The Hall–Kier alpha value is -0.780. The van der Waals surface area contributed by atoms with Crippen molar-refractivity contribution in [2.24, 2.45) is 0 Å². The average Bonchev–Trinajstić information content (AvgIpc) is 2.80. The number of carbonyl (C=O) groups excluding carboxylic acids is 2.